The molecule has 1 fully saturated rings. The Morgan fingerprint density at radius 1 is 1.25 bits per heavy atom. The number of benzene rings is 1. The van der Waals surface area contributed by atoms with E-state index in [-0.39, 0.29) is 0 Å². The molecule has 20 heavy (non-hydrogen) atoms. The zero-order valence-corrected chi connectivity index (χ0v) is 13.4. The van der Waals surface area contributed by atoms with Crippen LogP contribution in [0.4, 0.5) is 0 Å². The Balaban J connectivity index is 1.68. The Morgan fingerprint density at radius 2 is 2.00 bits per heavy atom. The molecule has 1 aromatic rings. The molecule has 0 spiro atoms. The van der Waals surface area contributed by atoms with Crippen molar-refractivity contribution >= 4 is 0 Å². The van der Waals surface area contributed by atoms with Gasteiger partial charge in [-0.05, 0) is 36.8 Å². The van der Waals surface area contributed by atoms with Crippen molar-refractivity contribution in [3.63, 3.8) is 0 Å². The molecule has 1 saturated heterocycles. The number of likely N-dealkylation sites (tertiary alicyclic amines) is 1. The van der Waals surface area contributed by atoms with E-state index in [1.165, 1.54) is 44.5 Å². The molecule has 1 unspecified atom stereocenters. The van der Waals surface area contributed by atoms with Gasteiger partial charge in [-0.2, -0.15) is 0 Å². The molecule has 0 saturated carbocycles. The molecular formula is C18H30N2. The van der Waals surface area contributed by atoms with Crippen LogP contribution in [0.2, 0.25) is 0 Å². The smallest absolute Gasteiger partial charge is 0.0207 e. The van der Waals surface area contributed by atoms with Gasteiger partial charge in [0.05, 0.1) is 0 Å². The molecule has 2 rings (SSSR count). The van der Waals surface area contributed by atoms with Gasteiger partial charge < -0.3 is 10.2 Å². The Labute approximate surface area is 124 Å². The molecule has 0 radical (unpaired) electrons. The average Bonchev–Trinajstić information content (AvgIpc) is 2.92. The highest BCUT2D eigenvalue weighted by Gasteiger charge is 2.24. The zero-order chi connectivity index (χ0) is 14.4. The molecule has 0 amide bonds. The van der Waals surface area contributed by atoms with Gasteiger partial charge in [0.25, 0.3) is 0 Å². The first-order chi connectivity index (χ1) is 9.59. The molecule has 0 aliphatic carbocycles. The van der Waals surface area contributed by atoms with Crippen LogP contribution >= 0.6 is 0 Å². The van der Waals surface area contributed by atoms with E-state index in [9.17, 15) is 0 Å². The monoisotopic (exact) mass is 274 g/mol. The van der Waals surface area contributed by atoms with Crippen LogP contribution in [0.3, 0.4) is 0 Å². The Hall–Kier alpha value is -0.860. The topological polar surface area (TPSA) is 15.3 Å². The molecule has 1 aromatic carbocycles. The predicted octanol–water partition coefficient (Wildman–Crippen LogP) is 3.33. The number of rotatable bonds is 7. The summed E-state index contributed by atoms with van der Waals surface area (Å²) in [4.78, 5) is 2.60. The largest absolute Gasteiger partial charge is 0.312 e. The van der Waals surface area contributed by atoms with E-state index < -0.39 is 0 Å². The highest BCUT2D eigenvalue weighted by atomic mass is 15.2. The van der Waals surface area contributed by atoms with Crippen LogP contribution in [-0.2, 0) is 6.42 Å². The summed E-state index contributed by atoms with van der Waals surface area (Å²) in [5.41, 5.74) is 1.88. The summed E-state index contributed by atoms with van der Waals surface area (Å²) in [6.45, 7) is 11.8. The minimum atomic E-state index is 0.428. The van der Waals surface area contributed by atoms with Crippen molar-refractivity contribution in [1.29, 1.82) is 0 Å². The summed E-state index contributed by atoms with van der Waals surface area (Å²) < 4.78 is 0. The molecule has 1 heterocycles. The minimum Gasteiger partial charge on any atom is -0.312 e. The first-order valence-electron chi connectivity index (χ1n) is 8.09. The molecule has 1 N–H and O–H groups in total. The van der Waals surface area contributed by atoms with Gasteiger partial charge in [-0.3, -0.25) is 0 Å². The molecule has 2 heteroatoms. The average molecular weight is 274 g/mol. The van der Waals surface area contributed by atoms with Crippen molar-refractivity contribution in [2.24, 2.45) is 5.41 Å². The van der Waals surface area contributed by atoms with Crippen molar-refractivity contribution in [3.8, 4) is 0 Å². The fourth-order valence-corrected chi connectivity index (χ4v) is 2.68. The molecular weight excluding hydrogens is 244 g/mol. The Kier molecular flexibility index (Phi) is 5.62. The van der Waals surface area contributed by atoms with Crippen LogP contribution in [0.25, 0.3) is 0 Å². The lowest BCUT2D eigenvalue weighted by atomic mass is 9.90. The van der Waals surface area contributed by atoms with Crippen molar-refractivity contribution in [2.75, 3.05) is 26.2 Å². The number of hydrogen-bond donors (Lipinski definition) is 1. The third kappa shape index (κ3) is 4.92. The van der Waals surface area contributed by atoms with Crippen molar-refractivity contribution in [3.05, 3.63) is 35.9 Å². The van der Waals surface area contributed by atoms with Crippen LogP contribution in [0.15, 0.2) is 30.3 Å². The molecule has 112 valence electrons. The number of nitrogens with one attached hydrogen (secondary N) is 1. The van der Waals surface area contributed by atoms with Crippen molar-refractivity contribution < 1.29 is 0 Å². The summed E-state index contributed by atoms with van der Waals surface area (Å²) in [5.74, 6) is 0. The lowest BCUT2D eigenvalue weighted by Gasteiger charge is -2.25. The fraction of sp³-hybridized carbons (Fsp3) is 0.667. The molecule has 1 aliphatic heterocycles. The van der Waals surface area contributed by atoms with Crippen LogP contribution in [0.5, 0.6) is 0 Å². The number of hydrogen-bond acceptors (Lipinski definition) is 2. The summed E-state index contributed by atoms with van der Waals surface area (Å²) >= 11 is 0. The van der Waals surface area contributed by atoms with Crippen LogP contribution in [0.1, 0.15) is 39.2 Å². The maximum Gasteiger partial charge on any atom is 0.0207 e. The lowest BCUT2D eigenvalue weighted by molar-refractivity contribution is 0.295. The van der Waals surface area contributed by atoms with Gasteiger partial charge >= 0.3 is 0 Å². The second kappa shape index (κ2) is 7.24. The standard InChI is InChI=1S/C18H30N2/c1-4-18(2,3)15-19-17-11-13-20(14-17)12-10-16-8-6-5-7-9-16/h5-9,17,19H,4,10-15H2,1-3H3. The van der Waals surface area contributed by atoms with E-state index in [0.29, 0.717) is 11.5 Å². The summed E-state index contributed by atoms with van der Waals surface area (Å²) in [6, 6.07) is 11.5. The number of nitrogens with zero attached hydrogens (tertiary/aromatic N) is 1. The van der Waals surface area contributed by atoms with Gasteiger partial charge in [0.2, 0.25) is 0 Å². The fourth-order valence-electron chi connectivity index (χ4n) is 2.68. The molecule has 0 bridgehead atoms. The summed E-state index contributed by atoms with van der Waals surface area (Å²) in [6.07, 6.45) is 3.72. The van der Waals surface area contributed by atoms with E-state index in [4.69, 9.17) is 0 Å². The highest BCUT2D eigenvalue weighted by Crippen LogP contribution is 2.19. The minimum absolute atomic E-state index is 0.428. The van der Waals surface area contributed by atoms with E-state index in [1.54, 1.807) is 0 Å². The van der Waals surface area contributed by atoms with Gasteiger partial charge in [0.1, 0.15) is 0 Å². The van der Waals surface area contributed by atoms with E-state index in [0.717, 1.165) is 6.54 Å². The van der Waals surface area contributed by atoms with E-state index >= 15 is 0 Å². The van der Waals surface area contributed by atoms with Gasteiger partial charge in [-0.25, -0.2) is 0 Å². The first kappa shape index (κ1) is 15.5. The first-order valence-corrected chi connectivity index (χ1v) is 8.09. The summed E-state index contributed by atoms with van der Waals surface area (Å²) in [5, 5.41) is 3.76. The predicted molar refractivity (Wildman–Crippen MR) is 87.1 cm³/mol. The van der Waals surface area contributed by atoms with Crippen LogP contribution in [-0.4, -0.2) is 37.1 Å². The maximum atomic E-state index is 3.76. The molecule has 0 aromatic heterocycles. The summed E-state index contributed by atoms with van der Waals surface area (Å²) in [7, 11) is 0. The third-order valence-electron chi connectivity index (χ3n) is 4.66. The van der Waals surface area contributed by atoms with Gasteiger partial charge in [0.15, 0.2) is 0 Å². The van der Waals surface area contributed by atoms with Gasteiger partial charge in [-0.15, -0.1) is 0 Å². The Bertz CT molecular complexity index is 386. The molecule has 1 aliphatic rings. The van der Waals surface area contributed by atoms with Crippen molar-refractivity contribution in [2.45, 2.75) is 46.1 Å². The quantitative estimate of drug-likeness (QED) is 0.820. The third-order valence-corrected chi connectivity index (χ3v) is 4.66. The Morgan fingerprint density at radius 3 is 2.70 bits per heavy atom. The second-order valence-corrected chi connectivity index (χ2v) is 6.92. The van der Waals surface area contributed by atoms with Crippen LogP contribution in [0, 0.1) is 5.41 Å². The SMILES string of the molecule is CCC(C)(C)CNC1CCN(CCc2ccccc2)C1. The second-order valence-electron chi connectivity index (χ2n) is 6.92. The van der Waals surface area contributed by atoms with E-state index in [1.807, 2.05) is 0 Å². The normalized spacial score (nSPS) is 20.4. The van der Waals surface area contributed by atoms with Gasteiger partial charge in [-0.1, -0.05) is 51.1 Å². The molecule has 1 atom stereocenters. The maximum absolute atomic E-state index is 3.76. The van der Waals surface area contributed by atoms with E-state index in [2.05, 4.69) is 61.3 Å². The lowest BCUT2D eigenvalue weighted by Crippen LogP contribution is -2.38. The molecule has 2 nitrogen and oxygen atoms in total. The van der Waals surface area contributed by atoms with Crippen LogP contribution < -0.4 is 5.32 Å². The highest BCUT2D eigenvalue weighted by molar-refractivity contribution is 5.14. The van der Waals surface area contributed by atoms with Gasteiger partial charge in [0, 0.05) is 25.7 Å². The van der Waals surface area contributed by atoms with Crippen molar-refractivity contribution in [1.82, 2.24) is 10.2 Å². The zero-order valence-electron chi connectivity index (χ0n) is 13.4.